The molecular weight excluding hydrogens is 366 g/mol. The lowest BCUT2D eigenvalue weighted by molar-refractivity contribution is 0.0240. The Hall–Kier alpha value is -2.86. The number of carbonyl (C=O) groups excluding carboxylic acids is 1. The second-order valence-corrected chi connectivity index (χ2v) is 8.13. The Bertz CT molecular complexity index is 831. The molecular formula is C23H29N3O3. The molecule has 1 amide bonds. The van der Waals surface area contributed by atoms with Gasteiger partial charge in [0.2, 0.25) is 0 Å². The average Bonchev–Trinajstić information content (AvgIpc) is 2.72. The van der Waals surface area contributed by atoms with Gasteiger partial charge in [-0.05, 0) is 50.1 Å². The van der Waals surface area contributed by atoms with Crippen LogP contribution in [0.4, 0.5) is 10.5 Å². The number of aliphatic hydroxyl groups is 1. The summed E-state index contributed by atoms with van der Waals surface area (Å²) in [5, 5.41) is 9.10. The first-order valence-corrected chi connectivity index (χ1v) is 9.91. The van der Waals surface area contributed by atoms with Gasteiger partial charge < -0.3 is 19.6 Å². The molecule has 0 aliphatic carbocycles. The molecule has 1 N–H and O–H groups in total. The van der Waals surface area contributed by atoms with Crippen LogP contribution in [0.2, 0.25) is 0 Å². The smallest absolute Gasteiger partial charge is 0.410 e. The molecule has 6 heteroatoms. The van der Waals surface area contributed by atoms with Crippen LogP contribution in [0, 0.1) is 0 Å². The maximum absolute atomic E-state index is 12.2. The van der Waals surface area contributed by atoms with E-state index in [2.05, 4.69) is 16.0 Å². The molecule has 154 valence electrons. The number of ether oxygens (including phenoxy) is 1. The Morgan fingerprint density at radius 2 is 1.76 bits per heavy atom. The van der Waals surface area contributed by atoms with Gasteiger partial charge in [-0.15, -0.1) is 0 Å². The van der Waals surface area contributed by atoms with Crippen molar-refractivity contribution in [2.75, 3.05) is 31.1 Å². The van der Waals surface area contributed by atoms with Gasteiger partial charge in [0, 0.05) is 26.2 Å². The van der Waals surface area contributed by atoms with E-state index in [-0.39, 0.29) is 12.7 Å². The highest BCUT2D eigenvalue weighted by molar-refractivity contribution is 5.69. The molecule has 1 saturated heterocycles. The predicted molar refractivity (Wildman–Crippen MR) is 116 cm³/mol. The topological polar surface area (TPSA) is 65.9 Å². The number of hydrogen-bond donors (Lipinski definition) is 1. The van der Waals surface area contributed by atoms with Crippen molar-refractivity contribution in [3.63, 3.8) is 0 Å². The van der Waals surface area contributed by atoms with E-state index in [0.29, 0.717) is 13.1 Å². The molecule has 1 aliphatic heterocycles. The number of aliphatic hydroxyl groups excluding tert-OH is 1. The van der Waals surface area contributed by atoms with E-state index in [9.17, 15) is 4.79 Å². The fourth-order valence-electron chi connectivity index (χ4n) is 3.07. The highest BCUT2D eigenvalue weighted by Gasteiger charge is 2.25. The Kier molecular flexibility index (Phi) is 6.54. The maximum Gasteiger partial charge on any atom is 0.410 e. The normalized spacial score (nSPS) is 15.0. The second-order valence-electron chi connectivity index (χ2n) is 8.13. The zero-order valence-corrected chi connectivity index (χ0v) is 17.3. The summed E-state index contributed by atoms with van der Waals surface area (Å²) in [5.74, 6) is 0. The zero-order chi connectivity index (χ0) is 20.9. The molecule has 0 atom stereocenters. The Labute approximate surface area is 172 Å². The number of carbonyl (C=O) groups is 1. The molecule has 0 saturated carbocycles. The molecule has 2 aromatic rings. The van der Waals surface area contributed by atoms with E-state index < -0.39 is 5.60 Å². The first-order chi connectivity index (χ1) is 13.8. The molecule has 0 radical (unpaired) electrons. The third kappa shape index (κ3) is 6.06. The van der Waals surface area contributed by atoms with Crippen LogP contribution in [0.1, 0.15) is 37.6 Å². The van der Waals surface area contributed by atoms with Crippen LogP contribution >= 0.6 is 0 Å². The van der Waals surface area contributed by atoms with Crippen molar-refractivity contribution >= 4 is 23.9 Å². The van der Waals surface area contributed by atoms with Crippen molar-refractivity contribution in [1.29, 1.82) is 0 Å². The van der Waals surface area contributed by atoms with Crippen LogP contribution in [-0.2, 0) is 11.3 Å². The minimum absolute atomic E-state index is 0.0546. The van der Waals surface area contributed by atoms with Gasteiger partial charge in [0.25, 0.3) is 0 Å². The molecule has 0 spiro atoms. The molecule has 1 aromatic carbocycles. The highest BCUT2D eigenvalue weighted by atomic mass is 16.6. The predicted octanol–water partition coefficient (Wildman–Crippen LogP) is 3.80. The highest BCUT2D eigenvalue weighted by Crippen LogP contribution is 2.18. The minimum atomic E-state index is -0.470. The van der Waals surface area contributed by atoms with Crippen LogP contribution < -0.4 is 4.90 Å². The van der Waals surface area contributed by atoms with Gasteiger partial charge in [-0.3, -0.25) is 4.98 Å². The molecule has 3 rings (SSSR count). The van der Waals surface area contributed by atoms with Gasteiger partial charge in [0.15, 0.2) is 0 Å². The SMILES string of the molecule is CC(C)(C)OC(=O)N1CCN(c2ccc(/C=C/c3ccc(CO)cc3)nc2)CC1. The molecule has 6 nitrogen and oxygen atoms in total. The minimum Gasteiger partial charge on any atom is -0.444 e. The van der Waals surface area contributed by atoms with Gasteiger partial charge >= 0.3 is 6.09 Å². The van der Waals surface area contributed by atoms with Crippen molar-refractivity contribution in [2.45, 2.75) is 33.0 Å². The summed E-state index contributed by atoms with van der Waals surface area (Å²) in [6.45, 7) is 8.49. The number of rotatable bonds is 4. The van der Waals surface area contributed by atoms with Crippen molar-refractivity contribution in [3.05, 3.63) is 59.4 Å². The maximum atomic E-state index is 12.2. The van der Waals surface area contributed by atoms with Gasteiger partial charge in [-0.1, -0.05) is 30.3 Å². The summed E-state index contributed by atoms with van der Waals surface area (Å²) in [6.07, 6.45) is 5.60. The van der Waals surface area contributed by atoms with Crippen molar-refractivity contribution in [1.82, 2.24) is 9.88 Å². The Morgan fingerprint density at radius 3 is 2.31 bits per heavy atom. The summed E-state index contributed by atoms with van der Waals surface area (Å²) in [7, 11) is 0. The number of pyridine rings is 1. The molecule has 0 bridgehead atoms. The Morgan fingerprint density at radius 1 is 1.07 bits per heavy atom. The van der Waals surface area contributed by atoms with E-state index in [0.717, 1.165) is 35.6 Å². The van der Waals surface area contributed by atoms with Crippen LogP contribution in [0.3, 0.4) is 0 Å². The lowest BCUT2D eigenvalue weighted by Gasteiger charge is -2.36. The first kappa shape index (κ1) is 20.9. The standard InChI is InChI=1S/C23H29N3O3/c1-23(2,3)29-22(28)26-14-12-25(13-15-26)21-11-10-20(24-16-21)9-8-18-4-6-19(17-27)7-5-18/h4-11,16,27H,12-15,17H2,1-3H3/b9-8+. The van der Waals surface area contributed by atoms with Gasteiger partial charge in [-0.2, -0.15) is 0 Å². The summed E-state index contributed by atoms with van der Waals surface area (Å²) in [6, 6.07) is 11.8. The quantitative estimate of drug-likeness (QED) is 0.853. The third-order valence-electron chi connectivity index (χ3n) is 4.68. The Balaban J connectivity index is 1.54. The van der Waals surface area contributed by atoms with E-state index in [1.807, 2.05) is 69.5 Å². The van der Waals surface area contributed by atoms with Crippen molar-refractivity contribution in [2.24, 2.45) is 0 Å². The van der Waals surface area contributed by atoms with Gasteiger partial charge in [-0.25, -0.2) is 4.79 Å². The molecule has 1 fully saturated rings. The largest absolute Gasteiger partial charge is 0.444 e. The summed E-state index contributed by atoms with van der Waals surface area (Å²) >= 11 is 0. The number of nitrogens with zero attached hydrogens (tertiary/aromatic N) is 3. The van der Waals surface area contributed by atoms with E-state index >= 15 is 0 Å². The molecule has 2 heterocycles. The number of amides is 1. The van der Waals surface area contributed by atoms with Gasteiger partial charge in [0.1, 0.15) is 5.60 Å². The molecule has 29 heavy (non-hydrogen) atoms. The van der Waals surface area contributed by atoms with E-state index in [4.69, 9.17) is 9.84 Å². The average molecular weight is 396 g/mol. The fourth-order valence-corrected chi connectivity index (χ4v) is 3.07. The lowest BCUT2D eigenvalue weighted by Crippen LogP contribution is -2.50. The number of anilines is 1. The number of piperazine rings is 1. The third-order valence-corrected chi connectivity index (χ3v) is 4.68. The van der Waals surface area contributed by atoms with E-state index in [1.165, 1.54) is 0 Å². The first-order valence-electron chi connectivity index (χ1n) is 9.91. The number of benzene rings is 1. The number of hydrogen-bond acceptors (Lipinski definition) is 5. The summed E-state index contributed by atoms with van der Waals surface area (Å²) in [4.78, 5) is 20.7. The van der Waals surface area contributed by atoms with Crippen molar-refractivity contribution < 1.29 is 14.6 Å². The molecule has 1 aliphatic rings. The van der Waals surface area contributed by atoms with E-state index in [1.54, 1.807) is 4.90 Å². The summed E-state index contributed by atoms with van der Waals surface area (Å²) in [5.41, 5.74) is 3.43. The fraction of sp³-hybridized carbons (Fsp3) is 0.391. The van der Waals surface area contributed by atoms with Gasteiger partial charge in [0.05, 0.1) is 24.2 Å². The van der Waals surface area contributed by atoms with Crippen molar-refractivity contribution in [3.8, 4) is 0 Å². The molecule has 1 aromatic heterocycles. The zero-order valence-electron chi connectivity index (χ0n) is 17.3. The molecule has 0 unspecified atom stereocenters. The van der Waals surface area contributed by atoms with Crippen LogP contribution in [0.15, 0.2) is 42.6 Å². The lowest BCUT2D eigenvalue weighted by atomic mass is 10.1. The number of aromatic nitrogens is 1. The monoisotopic (exact) mass is 395 g/mol. The van der Waals surface area contributed by atoms with Crippen LogP contribution in [-0.4, -0.2) is 52.9 Å². The van der Waals surface area contributed by atoms with Crippen LogP contribution in [0.25, 0.3) is 12.2 Å². The summed E-state index contributed by atoms with van der Waals surface area (Å²) < 4.78 is 5.45. The second kappa shape index (κ2) is 9.09. The van der Waals surface area contributed by atoms with Crippen LogP contribution in [0.5, 0.6) is 0 Å².